The van der Waals surface area contributed by atoms with Crippen molar-refractivity contribution in [2.45, 2.75) is 108 Å². The van der Waals surface area contributed by atoms with Crippen molar-refractivity contribution in [3.05, 3.63) is 0 Å². The van der Waals surface area contributed by atoms with Crippen LogP contribution in [0.5, 0.6) is 0 Å². The second-order valence-electron chi connectivity index (χ2n) is 15.2. The van der Waals surface area contributed by atoms with Crippen LogP contribution in [0.1, 0.15) is 72.1 Å². The van der Waals surface area contributed by atoms with Gasteiger partial charge in [-0.15, -0.1) is 0 Å². The first-order valence-corrected chi connectivity index (χ1v) is 17.3. The number of esters is 1. The number of nitrogens with two attached hydrogens (primary N) is 1. The largest absolute Gasteiger partial charge is 0.465 e. The zero-order valence-electron chi connectivity index (χ0n) is 27.5. The highest BCUT2D eigenvalue weighted by molar-refractivity contribution is 6.22. The monoisotopic (exact) mass is 650 g/mol. The number of ketones is 2. The lowest BCUT2D eigenvalue weighted by molar-refractivity contribution is -0.237. The molecule has 260 valence electrons. The van der Waals surface area contributed by atoms with Gasteiger partial charge in [0.05, 0.1) is 31.0 Å². The Morgan fingerprint density at radius 3 is 2.35 bits per heavy atom. The number of carbonyl (C=O) groups excluding carboxylic acids is 4. The van der Waals surface area contributed by atoms with Gasteiger partial charge in [0.15, 0.2) is 23.1 Å². The molecule has 12 heteroatoms. The summed E-state index contributed by atoms with van der Waals surface area (Å²) >= 11 is 0. The lowest BCUT2D eigenvalue weighted by Gasteiger charge is -2.60. The molecule has 0 heterocycles. The van der Waals surface area contributed by atoms with Gasteiger partial charge in [0.2, 0.25) is 5.91 Å². The summed E-state index contributed by atoms with van der Waals surface area (Å²) in [4.78, 5) is 50.6. The molecule has 0 radical (unpaired) electrons. The van der Waals surface area contributed by atoms with E-state index >= 15 is 0 Å². The molecule has 12 nitrogen and oxygen atoms in total. The van der Waals surface area contributed by atoms with E-state index in [0.717, 1.165) is 25.7 Å². The Labute approximate surface area is 271 Å². The Hall–Kier alpha value is -1.96. The van der Waals surface area contributed by atoms with Crippen molar-refractivity contribution < 1.29 is 49.1 Å². The van der Waals surface area contributed by atoms with Crippen molar-refractivity contribution in [3.8, 4) is 0 Å². The van der Waals surface area contributed by atoms with E-state index in [1.165, 1.54) is 0 Å². The maximum absolute atomic E-state index is 13.3. The van der Waals surface area contributed by atoms with E-state index in [4.69, 9.17) is 15.2 Å². The van der Waals surface area contributed by atoms with Crippen LogP contribution >= 0.6 is 0 Å². The molecular formula is C34H54N2O10. The summed E-state index contributed by atoms with van der Waals surface area (Å²) < 4.78 is 11.3. The van der Waals surface area contributed by atoms with Crippen molar-refractivity contribution in [1.29, 1.82) is 0 Å². The van der Waals surface area contributed by atoms with Crippen LogP contribution < -0.4 is 11.1 Å². The van der Waals surface area contributed by atoms with Crippen LogP contribution in [0.3, 0.4) is 0 Å². The molecule has 0 aromatic heterocycles. The van der Waals surface area contributed by atoms with E-state index in [2.05, 4.69) is 5.32 Å². The second kappa shape index (κ2) is 13.9. The number of ether oxygens (including phenoxy) is 2. The molecule has 0 bridgehead atoms. The van der Waals surface area contributed by atoms with E-state index in [1.54, 1.807) is 14.0 Å². The van der Waals surface area contributed by atoms with Crippen LogP contribution in [0.25, 0.3) is 0 Å². The van der Waals surface area contributed by atoms with Gasteiger partial charge in [-0.2, -0.15) is 0 Å². The fourth-order valence-corrected chi connectivity index (χ4v) is 10.4. The molecule has 15 atom stereocenters. The molecule has 5 saturated carbocycles. The Kier molecular flexibility index (Phi) is 10.7. The number of aliphatic hydroxyl groups is 4. The highest BCUT2D eigenvalue weighted by Gasteiger charge is 2.67. The molecule has 7 N–H and O–H groups in total. The minimum Gasteiger partial charge on any atom is -0.465 e. The van der Waals surface area contributed by atoms with Gasteiger partial charge in [0, 0.05) is 31.3 Å². The van der Waals surface area contributed by atoms with Gasteiger partial charge in [0.25, 0.3) is 0 Å². The van der Waals surface area contributed by atoms with Gasteiger partial charge in [0.1, 0.15) is 6.04 Å². The Morgan fingerprint density at radius 2 is 1.72 bits per heavy atom. The number of aliphatic hydroxyl groups excluding tert-OH is 3. The van der Waals surface area contributed by atoms with Crippen LogP contribution in [0.15, 0.2) is 0 Å². The van der Waals surface area contributed by atoms with Crippen molar-refractivity contribution in [3.63, 3.8) is 0 Å². The molecule has 0 aromatic rings. The molecule has 0 saturated heterocycles. The number of hydrogen-bond donors (Lipinski definition) is 6. The van der Waals surface area contributed by atoms with Crippen molar-refractivity contribution in [2.24, 2.45) is 64.9 Å². The summed E-state index contributed by atoms with van der Waals surface area (Å²) in [7, 11) is 1.72. The van der Waals surface area contributed by atoms with Gasteiger partial charge in [-0.05, 0) is 93.9 Å². The third-order valence-electron chi connectivity index (χ3n) is 12.6. The van der Waals surface area contributed by atoms with Crippen molar-refractivity contribution in [1.82, 2.24) is 5.32 Å². The summed E-state index contributed by atoms with van der Waals surface area (Å²) in [5.41, 5.74) is 2.97. The van der Waals surface area contributed by atoms with E-state index in [9.17, 15) is 39.6 Å². The normalized spacial score (nSPS) is 44.9. The smallest absolute Gasteiger partial charge is 0.323 e. The molecular weight excluding hydrogens is 596 g/mol. The number of methoxy groups -OCH3 is 1. The molecule has 5 fully saturated rings. The molecule has 5 rings (SSSR count). The summed E-state index contributed by atoms with van der Waals surface area (Å²) in [5.74, 6) is -7.08. The summed E-state index contributed by atoms with van der Waals surface area (Å²) in [6.45, 7) is 6.77. The first kappa shape index (κ1) is 35.3. The molecule has 5 aliphatic rings. The van der Waals surface area contributed by atoms with E-state index in [1.807, 2.05) is 13.8 Å². The summed E-state index contributed by atoms with van der Waals surface area (Å²) in [6, 6.07) is -0.397. The standard InChI is InChI=1S/C34H54N2O10/c1-5-46-33(43)28(15(2)3)36-14-16-6-9-24(45-4)20(10-16)19-7-8-22(37)26-21(19)12-17-11-18-13-23(38)27(32(35)42)31(41)34(18,44)30(40)25(17)29(26)39/h15-22,24-30,36-37,39-40,44H,5-14H2,1-4H3,(H2,35,42)/t16?,17-,18+,19?,20?,21?,22?,24?,25?,26?,27?,28?,29?,30?,34+/m1/s1. The molecule has 12 unspecified atom stereocenters. The number of amides is 1. The van der Waals surface area contributed by atoms with E-state index in [-0.39, 0.29) is 54.5 Å². The number of primary amides is 1. The molecule has 0 aromatic carbocycles. The number of fused-ring (bicyclic) bond motifs is 3. The van der Waals surface area contributed by atoms with Crippen LogP contribution in [-0.2, 0) is 28.7 Å². The topological polar surface area (TPSA) is 206 Å². The van der Waals surface area contributed by atoms with Crippen LogP contribution in [0.2, 0.25) is 0 Å². The first-order valence-electron chi connectivity index (χ1n) is 17.3. The third-order valence-corrected chi connectivity index (χ3v) is 12.6. The number of rotatable bonds is 9. The molecule has 0 spiro atoms. The van der Waals surface area contributed by atoms with Gasteiger partial charge < -0.3 is 41.0 Å². The van der Waals surface area contributed by atoms with Gasteiger partial charge in [-0.25, -0.2) is 0 Å². The van der Waals surface area contributed by atoms with E-state index in [0.29, 0.717) is 31.9 Å². The number of nitrogens with one attached hydrogen (secondary N) is 1. The maximum atomic E-state index is 13.3. The zero-order chi connectivity index (χ0) is 33.7. The second-order valence-corrected chi connectivity index (χ2v) is 15.2. The predicted molar refractivity (Wildman–Crippen MR) is 165 cm³/mol. The summed E-state index contributed by atoms with van der Waals surface area (Å²) in [6.07, 6.45) is 0.690. The molecule has 5 aliphatic carbocycles. The highest BCUT2D eigenvalue weighted by Crippen LogP contribution is 2.59. The molecule has 1 amide bonds. The fraction of sp³-hybridized carbons (Fsp3) is 0.882. The Balaban J connectivity index is 1.36. The average molecular weight is 651 g/mol. The molecule has 46 heavy (non-hydrogen) atoms. The number of hydrogen-bond acceptors (Lipinski definition) is 11. The fourth-order valence-electron chi connectivity index (χ4n) is 10.4. The minimum absolute atomic E-state index is 0.000630. The van der Waals surface area contributed by atoms with E-state index < -0.39 is 71.1 Å². The Bertz CT molecular complexity index is 1160. The first-order chi connectivity index (χ1) is 21.8. The van der Waals surface area contributed by atoms with Gasteiger partial charge in [-0.1, -0.05) is 13.8 Å². The van der Waals surface area contributed by atoms with Crippen LogP contribution in [0, 0.1) is 59.2 Å². The van der Waals surface area contributed by atoms with Gasteiger partial charge >= 0.3 is 5.97 Å². The van der Waals surface area contributed by atoms with Crippen molar-refractivity contribution >= 4 is 23.4 Å². The SMILES string of the molecule is CCOC(=O)C(NCC1CCC(OC)C(C2CCC(O)C3C(O)C4C(O)[C@]5(O)C(=O)C(C(N)=O)C(=O)C[C@@H]5C[C@@H]4CC23)C1)C(C)C. The Morgan fingerprint density at radius 1 is 1.00 bits per heavy atom. The highest BCUT2D eigenvalue weighted by atomic mass is 16.5. The lowest BCUT2D eigenvalue weighted by Crippen LogP contribution is -2.72. The van der Waals surface area contributed by atoms with Crippen molar-refractivity contribution in [2.75, 3.05) is 20.3 Å². The number of carbonyl (C=O) groups is 4. The average Bonchev–Trinajstić information content (AvgIpc) is 2.99. The summed E-state index contributed by atoms with van der Waals surface area (Å²) in [5, 5.41) is 49.8. The van der Waals surface area contributed by atoms with Gasteiger partial charge in [-0.3, -0.25) is 19.2 Å². The third kappa shape index (κ3) is 6.07. The van der Waals surface area contributed by atoms with Crippen LogP contribution in [0.4, 0.5) is 0 Å². The molecule has 0 aliphatic heterocycles. The number of Topliss-reactive ketones (excluding diaryl/α,β-unsaturated/α-hetero) is 2. The minimum atomic E-state index is -2.37. The maximum Gasteiger partial charge on any atom is 0.323 e. The lowest BCUT2D eigenvalue weighted by atomic mass is 9.47. The quantitative estimate of drug-likeness (QED) is 0.148. The van der Waals surface area contributed by atoms with Crippen LogP contribution in [-0.4, -0.2) is 100 Å². The predicted octanol–water partition coefficient (Wildman–Crippen LogP) is 0.351. The zero-order valence-corrected chi connectivity index (χ0v) is 27.5.